The minimum Gasteiger partial charge on any atom is -0.356 e. The van der Waals surface area contributed by atoms with Crippen molar-refractivity contribution >= 4 is 11.7 Å². The molecule has 0 atom stereocenters. The summed E-state index contributed by atoms with van der Waals surface area (Å²) in [5.41, 5.74) is 3.18. The molecule has 2 N–H and O–H groups in total. The first-order valence-corrected chi connectivity index (χ1v) is 7.16. The number of nitrogens with one attached hydrogen (secondary N) is 2. The summed E-state index contributed by atoms with van der Waals surface area (Å²) in [6.45, 7) is 2.75. The highest BCUT2D eigenvalue weighted by Crippen LogP contribution is 2.11. The lowest BCUT2D eigenvalue weighted by Crippen LogP contribution is -2.24. The second-order valence-corrected chi connectivity index (χ2v) is 5.55. The van der Waals surface area contributed by atoms with Gasteiger partial charge in [-0.1, -0.05) is 24.3 Å². The van der Waals surface area contributed by atoms with Gasteiger partial charge in [-0.3, -0.25) is 9.59 Å². The fourth-order valence-electron chi connectivity index (χ4n) is 2.22. The van der Waals surface area contributed by atoms with Crippen molar-refractivity contribution in [2.45, 2.75) is 20.0 Å². The molecule has 22 heavy (non-hydrogen) atoms. The number of hydrogen-bond acceptors (Lipinski definition) is 3. The number of hydrogen-bond donors (Lipinski definition) is 2. The quantitative estimate of drug-likeness (QED) is 0.804. The van der Waals surface area contributed by atoms with Gasteiger partial charge in [0.2, 0.25) is 0 Å². The number of aromatic amines is 1. The van der Waals surface area contributed by atoms with Crippen LogP contribution in [0.2, 0.25) is 0 Å². The molecular formula is C17H21N3O2. The number of Topliss-reactive ketones (excluding diaryl/α,β-unsaturated/α-hetero) is 1. The zero-order valence-electron chi connectivity index (χ0n) is 13.1. The van der Waals surface area contributed by atoms with E-state index < -0.39 is 0 Å². The maximum absolute atomic E-state index is 12.1. The molecule has 0 saturated carbocycles. The highest BCUT2D eigenvalue weighted by molar-refractivity contribution is 5.99. The summed E-state index contributed by atoms with van der Waals surface area (Å²) in [4.78, 5) is 28.3. The molecule has 5 heteroatoms. The van der Waals surface area contributed by atoms with E-state index in [1.54, 1.807) is 12.3 Å². The summed E-state index contributed by atoms with van der Waals surface area (Å²) in [6.07, 6.45) is 1.55. The van der Waals surface area contributed by atoms with Crippen LogP contribution in [-0.2, 0) is 13.1 Å². The van der Waals surface area contributed by atoms with Crippen molar-refractivity contribution in [3.63, 3.8) is 0 Å². The molecule has 0 aliphatic rings. The standard InChI is InChI=1S/C17H21N3O2/c1-12(21)15-8-16(18-10-15)17(22)19-9-13-6-4-5-7-14(13)11-20(2)3/h4-8,10,18H,9,11H2,1-3H3,(H,19,22). The number of benzene rings is 1. The fraction of sp³-hybridized carbons (Fsp3) is 0.294. The number of carbonyl (C=O) groups excluding carboxylic acids is 2. The van der Waals surface area contributed by atoms with Gasteiger partial charge in [0, 0.05) is 24.8 Å². The van der Waals surface area contributed by atoms with E-state index in [0.717, 1.165) is 12.1 Å². The van der Waals surface area contributed by atoms with E-state index in [2.05, 4.69) is 21.3 Å². The number of ketones is 1. The maximum atomic E-state index is 12.1. The minimum atomic E-state index is -0.216. The Morgan fingerprint density at radius 3 is 2.45 bits per heavy atom. The molecule has 0 fully saturated rings. The molecule has 0 bridgehead atoms. The second kappa shape index (κ2) is 7.04. The van der Waals surface area contributed by atoms with Gasteiger partial charge in [0.1, 0.15) is 5.69 Å². The molecule has 2 rings (SSSR count). The average molecular weight is 299 g/mol. The molecular weight excluding hydrogens is 278 g/mol. The molecule has 5 nitrogen and oxygen atoms in total. The van der Waals surface area contributed by atoms with Gasteiger partial charge >= 0.3 is 0 Å². The number of aromatic nitrogens is 1. The Bertz CT molecular complexity index is 674. The van der Waals surface area contributed by atoms with Crippen LogP contribution in [0.5, 0.6) is 0 Å². The largest absolute Gasteiger partial charge is 0.356 e. The first kappa shape index (κ1) is 16.0. The monoisotopic (exact) mass is 299 g/mol. The molecule has 0 aliphatic heterocycles. The van der Waals surface area contributed by atoms with Crippen LogP contribution in [0.4, 0.5) is 0 Å². The van der Waals surface area contributed by atoms with Gasteiger partial charge in [-0.2, -0.15) is 0 Å². The summed E-state index contributed by atoms with van der Waals surface area (Å²) in [7, 11) is 4.02. The highest BCUT2D eigenvalue weighted by Gasteiger charge is 2.11. The molecule has 0 spiro atoms. The first-order chi connectivity index (χ1) is 10.5. The Morgan fingerprint density at radius 1 is 1.18 bits per heavy atom. The lowest BCUT2D eigenvalue weighted by atomic mass is 10.1. The lowest BCUT2D eigenvalue weighted by molar-refractivity contribution is 0.0946. The van der Waals surface area contributed by atoms with E-state index in [4.69, 9.17) is 0 Å². The van der Waals surface area contributed by atoms with Crippen LogP contribution in [0, 0.1) is 0 Å². The Kier molecular flexibility index (Phi) is 5.12. The van der Waals surface area contributed by atoms with Crippen molar-refractivity contribution in [1.82, 2.24) is 15.2 Å². The van der Waals surface area contributed by atoms with Crippen LogP contribution < -0.4 is 5.32 Å². The van der Waals surface area contributed by atoms with Crippen LogP contribution in [0.1, 0.15) is 38.9 Å². The van der Waals surface area contributed by atoms with Gasteiger partial charge in [0.15, 0.2) is 5.78 Å². The third-order valence-electron chi connectivity index (χ3n) is 3.38. The van der Waals surface area contributed by atoms with Gasteiger partial charge in [-0.05, 0) is 38.2 Å². The number of H-pyrrole nitrogens is 1. The SMILES string of the molecule is CC(=O)c1c[nH]c(C(=O)NCc2ccccc2CN(C)C)c1. The van der Waals surface area contributed by atoms with E-state index in [9.17, 15) is 9.59 Å². The summed E-state index contributed by atoms with van der Waals surface area (Å²) in [5, 5.41) is 2.88. The first-order valence-electron chi connectivity index (χ1n) is 7.16. The van der Waals surface area contributed by atoms with E-state index in [1.165, 1.54) is 12.5 Å². The molecule has 1 aromatic heterocycles. The smallest absolute Gasteiger partial charge is 0.267 e. The van der Waals surface area contributed by atoms with E-state index in [0.29, 0.717) is 17.8 Å². The van der Waals surface area contributed by atoms with Crippen molar-refractivity contribution in [1.29, 1.82) is 0 Å². The average Bonchev–Trinajstić information content (AvgIpc) is 2.95. The van der Waals surface area contributed by atoms with Crippen LogP contribution in [0.25, 0.3) is 0 Å². The molecule has 0 unspecified atom stereocenters. The predicted octanol–water partition coefficient (Wildman–Crippen LogP) is 2.21. The third kappa shape index (κ3) is 4.05. The Balaban J connectivity index is 2.03. The van der Waals surface area contributed by atoms with E-state index in [-0.39, 0.29) is 11.7 Å². The number of nitrogens with zero attached hydrogens (tertiary/aromatic N) is 1. The van der Waals surface area contributed by atoms with Gasteiger partial charge in [-0.25, -0.2) is 0 Å². The van der Waals surface area contributed by atoms with Crippen LogP contribution in [0.3, 0.4) is 0 Å². The predicted molar refractivity (Wildman–Crippen MR) is 85.8 cm³/mol. The molecule has 1 amide bonds. The molecule has 0 aliphatic carbocycles. The van der Waals surface area contributed by atoms with E-state index >= 15 is 0 Å². The topological polar surface area (TPSA) is 65.2 Å². The van der Waals surface area contributed by atoms with Crippen molar-refractivity contribution in [2.75, 3.05) is 14.1 Å². The molecule has 0 radical (unpaired) electrons. The van der Waals surface area contributed by atoms with Gasteiger partial charge in [0.05, 0.1) is 0 Å². The summed E-state index contributed by atoms with van der Waals surface area (Å²) < 4.78 is 0. The van der Waals surface area contributed by atoms with Crippen molar-refractivity contribution in [3.8, 4) is 0 Å². The normalized spacial score (nSPS) is 10.7. The molecule has 0 saturated heterocycles. The minimum absolute atomic E-state index is 0.0633. The number of rotatable bonds is 6. The zero-order valence-corrected chi connectivity index (χ0v) is 13.1. The van der Waals surface area contributed by atoms with Crippen molar-refractivity contribution in [3.05, 3.63) is 58.9 Å². The van der Waals surface area contributed by atoms with Crippen molar-refractivity contribution in [2.24, 2.45) is 0 Å². The van der Waals surface area contributed by atoms with Crippen LogP contribution >= 0.6 is 0 Å². The molecule has 1 aromatic carbocycles. The summed E-state index contributed by atoms with van der Waals surface area (Å²) in [5.74, 6) is -0.279. The summed E-state index contributed by atoms with van der Waals surface area (Å²) in [6, 6.07) is 9.60. The Hall–Kier alpha value is -2.40. The zero-order chi connectivity index (χ0) is 16.1. The maximum Gasteiger partial charge on any atom is 0.267 e. The van der Waals surface area contributed by atoms with Gasteiger partial charge in [0.25, 0.3) is 5.91 Å². The van der Waals surface area contributed by atoms with Gasteiger partial charge < -0.3 is 15.2 Å². The Morgan fingerprint density at radius 2 is 1.86 bits per heavy atom. The van der Waals surface area contributed by atoms with Gasteiger partial charge in [-0.15, -0.1) is 0 Å². The summed E-state index contributed by atoms with van der Waals surface area (Å²) >= 11 is 0. The van der Waals surface area contributed by atoms with Crippen LogP contribution in [0.15, 0.2) is 36.5 Å². The molecule has 2 aromatic rings. The second-order valence-electron chi connectivity index (χ2n) is 5.55. The van der Waals surface area contributed by atoms with E-state index in [1.807, 2.05) is 32.3 Å². The lowest BCUT2D eigenvalue weighted by Gasteiger charge is -2.14. The fourth-order valence-corrected chi connectivity index (χ4v) is 2.22. The number of carbonyl (C=O) groups is 2. The van der Waals surface area contributed by atoms with Crippen LogP contribution in [-0.4, -0.2) is 35.7 Å². The molecule has 1 heterocycles. The third-order valence-corrected chi connectivity index (χ3v) is 3.38. The van der Waals surface area contributed by atoms with Crippen molar-refractivity contribution < 1.29 is 9.59 Å². The number of amides is 1. The molecule has 116 valence electrons. The highest BCUT2D eigenvalue weighted by atomic mass is 16.2. The Labute approximate surface area is 130 Å².